The molecule has 0 amide bonds. The van der Waals surface area contributed by atoms with Crippen LogP contribution in [0.3, 0.4) is 0 Å². The minimum absolute atomic E-state index is 0.262. The van der Waals surface area contributed by atoms with E-state index in [0.29, 0.717) is 0 Å². The van der Waals surface area contributed by atoms with Crippen molar-refractivity contribution in [2.75, 3.05) is 9.80 Å². The second kappa shape index (κ2) is 15.3. The van der Waals surface area contributed by atoms with Crippen molar-refractivity contribution >= 4 is 77.9 Å². The van der Waals surface area contributed by atoms with Crippen LogP contribution in [0.15, 0.2) is 241 Å². The van der Waals surface area contributed by atoms with E-state index >= 15 is 0 Å². The van der Waals surface area contributed by atoms with Gasteiger partial charge in [0.2, 0.25) is 0 Å². The Bertz CT molecular complexity index is 3730. The van der Waals surface area contributed by atoms with Gasteiger partial charge in [-0.15, -0.1) is 0 Å². The summed E-state index contributed by atoms with van der Waals surface area (Å²) in [6.45, 7) is 4.75. The topological polar surface area (TPSA) is 24.6 Å². The van der Waals surface area contributed by atoms with Crippen molar-refractivity contribution < 1.29 is 4.42 Å². The number of hydrogen-bond acceptors (Lipinski definition) is 3. The molecule has 0 spiro atoms. The normalized spacial score (nSPS) is 12.7. The number of nitrogens with zero attached hydrogens (tertiary/aromatic N) is 3. The molecule has 1 aliphatic rings. The van der Waals surface area contributed by atoms with Crippen LogP contribution in [0.4, 0.5) is 34.1 Å². The number of hydrogen-bond donors (Lipinski definition) is 0. The molecule has 0 atom stereocenters. The van der Waals surface area contributed by atoms with Gasteiger partial charge in [-0.3, -0.25) is 0 Å². The van der Waals surface area contributed by atoms with Crippen molar-refractivity contribution in [2.24, 2.45) is 0 Å². The fourth-order valence-electron chi connectivity index (χ4n) is 10.7. The zero-order valence-electron chi connectivity index (χ0n) is 37.3. The van der Waals surface area contributed by atoms with Crippen molar-refractivity contribution in [3.05, 3.63) is 248 Å². The third-order valence-electron chi connectivity index (χ3n) is 14.0. The highest BCUT2D eigenvalue weighted by atomic mass is 16.3. The number of fused-ring (bicyclic) bond motifs is 9. The fraction of sp³-hybridized carbons (Fsp3) is 0.0476. The lowest BCUT2D eigenvalue weighted by molar-refractivity contribution is 0.660. The summed E-state index contributed by atoms with van der Waals surface area (Å²) in [5, 5.41) is 4.77. The molecule has 4 heteroatoms. The summed E-state index contributed by atoms with van der Waals surface area (Å²) >= 11 is 0. The van der Waals surface area contributed by atoms with E-state index in [-0.39, 0.29) is 5.41 Å². The lowest BCUT2D eigenvalue weighted by Crippen LogP contribution is -2.17. The van der Waals surface area contributed by atoms with Crippen LogP contribution in [0.2, 0.25) is 0 Å². The van der Waals surface area contributed by atoms with Crippen LogP contribution in [0, 0.1) is 0 Å². The van der Waals surface area contributed by atoms with Gasteiger partial charge in [0.15, 0.2) is 0 Å². The molecular weight excluding hydrogens is 815 g/mol. The van der Waals surface area contributed by atoms with E-state index in [0.717, 1.165) is 72.9 Å². The van der Waals surface area contributed by atoms with E-state index in [4.69, 9.17) is 4.42 Å². The van der Waals surface area contributed by atoms with Gasteiger partial charge >= 0.3 is 0 Å². The average Bonchev–Trinajstić information content (AvgIpc) is 4.00. The minimum atomic E-state index is -0.262. The van der Waals surface area contributed by atoms with Crippen LogP contribution in [-0.4, -0.2) is 4.57 Å². The number of anilines is 6. The molecule has 0 saturated heterocycles. The van der Waals surface area contributed by atoms with E-state index in [1.807, 2.05) is 12.1 Å². The van der Waals surface area contributed by atoms with Crippen LogP contribution in [-0.2, 0) is 5.41 Å². The molecule has 0 saturated carbocycles. The van der Waals surface area contributed by atoms with Crippen molar-refractivity contribution in [3.63, 3.8) is 0 Å². The standard InChI is InChI=1S/C63H45N3O/c1-63(2)57-40-49(64(44-15-5-3-6-16-44)45-17-7-4-8-18-45)34-36-51(57)52-37-35-50(41-58(52)63)65(46-28-25-42(26-29-46)43-27-38-62-56(39-43)55-21-11-14-24-61(55)67-62)47-30-32-48(33-31-47)66-59-22-12-9-19-53(59)54-20-10-13-23-60(54)66/h3-41H,1-2H3. The zero-order chi connectivity index (χ0) is 44.6. The van der Waals surface area contributed by atoms with Gasteiger partial charge in [-0.2, -0.15) is 0 Å². The van der Waals surface area contributed by atoms with Crippen LogP contribution >= 0.6 is 0 Å². The van der Waals surface area contributed by atoms with E-state index in [1.165, 1.54) is 44.1 Å². The monoisotopic (exact) mass is 859 g/mol. The highest BCUT2D eigenvalue weighted by Crippen LogP contribution is 2.52. The van der Waals surface area contributed by atoms with Crippen molar-refractivity contribution in [1.82, 2.24) is 4.57 Å². The molecule has 0 N–H and O–H groups in total. The summed E-state index contributed by atoms with van der Waals surface area (Å²) in [4.78, 5) is 4.76. The number of aromatic nitrogens is 1. The molecule has 0 bridgehead atoms. The first kappa shape index (κ1) is 38.8. The quantitative estimate of drug-likeness (QED) is 0.152. The van der Waals surface area contributed by atoms with E-state index < -0.39 is 0 Å². The fourth-order valence-corrected chi connectivity index (χ4v) is 10.7. The van der Waals surface area contributed by atoms with Crippen molar-refractivity contribution in [1.29, 1.82) is 0 Å². The van der Waals surface area contributed by atoms with Crippen LogP contribution in [0.1, 0.15) is 25.0 Å². The van der Waals surface area contributed by atoms with Crippen LogP contribution in [0.5, 0.6) is 0 Å². The van der Waals surface area contributed by atoms with Gasteiger partial charge in [0.1, 0.15) is 11.2 Å². The molecule has 67 heavy (non-hydrogen) atoms. The summed E-state index contributed by atoms with van der Waals surface area (Å²) < 4.78 is 8.56. The summed E-state index contributed by atoms with van der Waals surface area (Å²) in [6, 6.07) is 85.7. The van der Waals surface area contributed by atoms with Gasteiger partial charge in [0.25, 0.3) is 0 Å². The zero-order valence-corrected chi connectivity index (χ0v) is 37.3. The summed E-state index contributed by atoms with van der Waals surface area (Å²) in [5.74, 6) is 0. The highest BCUT2D eigenvalue weighted by molar-refractivity contribution is 6.09. The maximum absolute atomic E-state index is 6.18. The third kappa shape index (κ3) is 6.29. The predicted octanol–water partition coefficient (Wildman–Crippen LogP) is 17.6. The number of para-hydroxylation sites is 5. The molecule has 2 aromatic heterocycles. The van der Waals surface area contributed by atoms with E-state index in [9.17, 15) is 0 Å². The average molecular weight is 860 g/mol. The first-order chi connectivity index (χ1) is 33.0. The summed E-state index contributed by atoms with van der Waals surface area (Å²) in [6.07, 6.45) is 0. The summed E-state index contributed by atoms with van der Waals surface area (Å²) in [5.41, 5.74) is 19.3. The third-order valence-corrected chi connectivity index (χ3v) is 14.0. The van der Waals surface area contributed by atoms with Gasteiger partial charge in [-0.1, -0.05) is 135 Å². The lowest BCUT2D eigenvalue weighted by atomic mass is 9.82. The molecule has 0 aliphatic heterocycles. The van der Waals surface area contributed by atoms with Crippen LogP contribution in [0.25, 0.3) is 71.7 Å². The van der Waals surface area contributed by atoms with Gasteiger partial charge in [0, 0.05) is 66.8 Å². The Hall–Kier alpha value is -8.60. The summed E-state index contributed by atoms with van der Waals surface area (Å²) in [7, 11) is 0. The van der Waals surface area contributed by atoms with Gasteiger partial charge < -0.3 is 18.8 Å². The van der Waals surface area contributed by atoms with E-state index in [2.05, 4.69) is 253 Å². The van der Waals surface area contributed by atoms with Gasteiger partial charge in [-0.25, -0.2) is 0 Å². The Labute approximate surface area is 389 Å². The molecule has 4 nitrogen and oxygen atoms in total. The minimum Gasteiger partial charge on any atom is -0.456 e. The second-order valence-electron chi connectivity index (χ2n) is 18.2. The molecule has 0 radical (unpaired) electrons. The molecule has 318 valence electrons. The van der Waals surface area contributed by atoms with Gasteiger partial charge in [0.05, 0.1) is 11.0 Å². The maximum atomic E-state index is 6.18. The molecule has 0 fully saturated rings. The second-order valence-corrected chi connectivity index (χ2v) is 18.2. The van der Waals surface area contributed by atoms with Crippen molar-refractivity contribution in [2.45, 2.75) is 19.3 Å². The molecule has 10 aromatic carbocycles. The van der Waals surface area contributed by atoms with Crippen molar-refractivity contribution in [3.8, 4) is 27.9 Å². The highest BCUT2D eigenvalue weighted by Gasteiger charge is 2.37. The predicted molar refractivity (Wildman–Crippen MR) is 280 cm³/mol. The number of rotatable bonds is 8. The molecule has 0 unspecified atom stereocenters. The molecule has 13 rings (SSSR count). The number of benzene rings is 10. The Morgan fingerprint density at radius 1 is 0.343 bits per heavy atom. The first-order valence-corrected chi connectivity index (χ1v) is 23.1. The Morgan fingerprint density at radius 3 is 1.34 bits per heavy atom. The smallest absolute Gasteiger partial charge is 0.135 e. The largest absolute Gasteiger partial charge is 0.456 e. The number of furan rings is 1. The Morgan fingerprint density at radius 2 is 0.776 bits per heavy atom. The first-order valence-electron chi connectivity index (χ1n) is 23.1. The lowest BCUT2D eigenvalue weighted by Gasteiger charge is -2.29. The molecule has 2 heterocycles. The Balaban J connectivity index is 0.917. The van der Waals surface area contributed by atoms with E-state index in [1.54, 1.807) is 0 Å². The maximum Gasteiger partial charge on any atom is 0.135 e. The van der Waals surface area contributed by atoms with Gasteiger partial charge in [-0.05, 0) is 149 Å². The molecular formula is C63H45N3O. The Kier molecular flexibility index (Phi) is 8.84. The molecule has 12 aromatic rings. The van der Waals surface area contributed by atoms with Crippen LogP contribution < -0.4 is 9.80 Å². The SMILES string of the molecule is CC1(C)c2cc(N(c3ccccc3)c3ccccc3)ccc2-c2ccc(N(c3ccc(-c4ccc5oc6ccccc6c5c4)cc3)c3ccc(-n4c5ccccc5c5ccccc54)cc3)cc21. The molecule has 1 aliphatic carbocycles.